The summed E-state index contributed by atoms with van der Waals surface area (Å²) in [6.07, 6.45) is 1.86. The van der Waals surface area contributed by atoms with Crippen molar-refractivity contribution in [1.29, 1.82) is 0 Å². The fourth-order valence-electron chi connectivity index (χ4n) is 2.88. The molecule has 5 heteroatoms. The van der Waals surface area contributed by atoms with E-state index >= 15 is 0 Å². The summed E-state index contributed by atoms with van der Waals surface area (Å²) in [5.41, 5.74) is 1.07. The Hall–Kier alpha value is -1.33. The molecule has 0 N–H and O–H groups in total. The summed E-state index contributed by atoms with van der Waals surface area (Å²) >= 11 is 3.71. The number of hydrogen-bond acceptors (Lipinski definition) is 5. The number of rotatable bonds is 2. The van der Waals surface area contributed by atoms with Crippen molar-refractivity contribution in [2.75, 3.05) is 6.54 Å². The third-order valence-corrected chi connectivity index (χ3v) is 5.76. The summed E-state index contributed by atoms with van der Waals surface area (Å²) < 4.78 is 0. The average Bonchev–Trinajstić information content (AvgIpc) is 3.14. The second-order valence-corrected chi connectivity index (χ2v) is 7.54. The van der Waals surface area contributed by atoms with Crippen molar-refractivity contribution in [2.45, 2.75) is 24.3 Å². The third-order valence-electron chi connectivity index (χ3n) is 3.72. The largest absolute Gasteiger partial charge is 0.340 e. The fraction of sp³-hybridized carbons (Fsp3) is 0.333. The predicted octanol–water partition coefficient (Wildman–Crippen LogP) is 3.73. The lowest BCUT2D eigenvalue weighted by Crippen LogP contribution is -2.27. The average molecular weight is 301 g/mol. The molecule has 0 radical (unpaired) electrons. The number of hydrogen-bond donors (Lipinski definition) is 0. The molecule has 2 aromatic heterocycles. The Morgan fingerprint density at radius 2 is 2.20 bits per heavy atom. The molecule has 2 aliphatic heterocycles. The van der Waals surface area contributed by atoms with Gasteiger partial charge in [0.25, 0.3) is 0 Å². The van der Waals surface area contributed by atoms with E-state index in [2.05, 4.69) is 40.4 Å². The Bertz CT molecular complexity index is 624. The number of aliphatic imine (C=N–C) groups is 1. The van der Waals surface area contributed by atoms with Gasteiger partial charge < -0.3 is 4.90 Å². The maximum atomic E-state index is 4.96. The molecule has 0 unspecified atom stereocenters. The van der Waals surface area contributed by atoms with Crippen LogP contribution in [0, 0.1) is 0 Å². The summed E-state index contributed by atoms with van der Waals surface area (Å²) in [5.74, 6) is 0. The highest BCUT2D eigenvalue weighted by molar-refractivity contribution is 8.14. The number of nitrogens with zero attached hydrogens (tertiary/aromatic N) is 3. The first kappa shape index (κ1) is 12.4. The quantitative estimate of drug-likeness (QED) is 0.846. The van der Waals surface area contributed by atoms with Crippen LogP contribution in [0.3, 0.4) is 0 Å². The van der Waals surface area contributed by atoms with E-state index < -0.39 is 0 Å². The molecule has 3 nitrogen and oxygen atoms in total. The van der Waals surface area contributed by atoms with E-state index in [1.807, 2.05) is 41.4 Å². The van der Waals surface area contributed by atoms with E-state index in [-0.39, 0.29) is 6.04 Å². The van der Waals surface area contributed by atoms with Crippen LogP contribution in [0.2, 0.25) is 0 Å². The molecule has 1 saturated heterocycles. The SMILES string of the molecule is C[C@@H]1CN2C(=N[C@@H](c3ccccn3)[C@H]2c2cccs2)S1. The lowest BCUT2D eigenvalue weighted by Gasteiger charge is -2.25. The van der Waals surface area contributed by atoms with E-state index in [1.54, 1.807) is 0 Å². The molecular weight excluding hydrogens is 286 g/mol. The highest BCUT2D eigenvalue weighted by Gasteiger charge is 2.43. The minimum absolute atomic E-state index is 0.129. The molecule has 0 bridgehead atoms. The molecule has 0 aromatic carbocycles. The smallest absolute Gasteiger partial charge is 0.160 e. The van der Waals surface area contributed by atoms with Crippen LogP contribution in [0.25, 0.3) is 0 Å². The topological polar surface area (TPSA) is 28.5 Å². The van der Waals surface area contributed by atoms with Crippen LogP contribution in [0.5, 0.6) is 0 Å². The highest BCUT2D eigenvalue weighted by atomic mass is 32.2. The van der Waals surface area contributed by atoms with Gasteiger partial charge in [0, 0.05) is 22.9 Å². The Kier molecular flexibility index (Phi) is 3.04. The summed E-state index contributed by atoms with van der Waals surface area (Å²) in [6.45, 7) is 3.35. The van der Waals surface area contributed by atoms with Crippen LogP contribution < -0.4 is 0 Å². The van der Waals surface area contributed by atoms with Crippen LogP contribution in [0.15, 0.2) is 46.9 Å². The minimum atomic E-state index is 0.129. The highest BCUT2D eigenvalue weighted by Crippen LogP contribution is 2.48. The number of thiophene rings is 1. The van der Waals surface area contributed by atoms with E-state index in [0.717, 1.165) is 12.2 Å². The molecule has 4 heterocycles. The maximum Gasteiger partial charge on any atom is 0.160 e. The second-order valence-electron chi connectivity index (χ2n) is 5.15. The minimum Gasteiger partial charge on any atom is -0.340 e. The van der Waals surface area contributed by atoms with Gasteiger partial charge in [0.15, 0.2) is 5.17 Å². The summed E-state index contributed by atoms with van der Waals surface area (Å²) in [6, 6.07) is 10.9. The predicted molar refractivity (Wildman–Crippen MR) is 85.2 cm³/mol. The van der Waals surface area contributed by atoms with E-state index in [1.165, 1.54) is 10.0 Å². The van der Waals surface area contributed by atoms with Gasteiger partial charge in [-0.3, -0.25) is 9.98 Å². The van der Waals surface area contributed by atoms with Crippen LogP contribution >= 0.6 is 23.1 Å². The van der Waals surface area contributed by atoms with Crippen molar-refractivity contribution in [3.05, 3.63) is 52.5 Å². The van der Waals surface area contributed by atoms with Gasteiger partial charge in [0.2, 0.25) is 0 Å². The van der Waals surface area contributed by atoms with Crippen LogP contribution in [-0.2, 0) is 0 Å². The van der Waals surface area contributed by atoms with Crippen LogP contribution in [-0.4, -0.2) is 26.8 Å². The molecule has 0 amide bonds. The monoisotopic (exact) mass is 301 g/mol. The second kappa shape index (κ2) is 4.90. The van der Waals surface area contributed by atoms with Gasteiger partial charge in [-0.25, -0.2) is 0 Å². The lowest BCUT2D eigenvalue weighted by molar-refractivity contribution is 0.326. The van der Waals surface area contributed by atoms with Crippen LogP contribution in [0.1, 0.15) is 29.6 Å². The molecule has 0 spiro atoms. The van der Waals surface area contributed by atoms with E-state index in [0.29, 0.717) is 11.3 Å². The van der Waals surface area contributed by atoms with Gasteiger partial charge >= 0.3 is 0 Å². The molecule has 1 fully saturated rings. The van der Waals surface area contributed by atoms with Gasteiger partial charge in [0.05, 0.1) is 11.7 Å². The maximum absolute atomic E-state index is 4.96. The standard InChI is InChI=1S/C15H15N3S2/c1-10-9-18-14(12-6-4-8-19-12)13(17-15(18)20-10)11-5-2-3-7-16-11/h2-8,10,13-14H,9H2,1H3/t10-,13+,14-/m1/s1. The molecule has 20 heavy (non-hydrogen) atoms. The first-order chi connectivity index (χ1) is 9.83. The molecule has 0 saturated carbocycles. The van der Waals surface area contributed by atoms with E-state index in [9.17, 15) is 0 Å². The number of fused-ring (bicyclic) bond motifs is 1. The zero-order chi connectivity index (χ0) is 13.5. The summed E-state index contributed by atoms with van der Waals surface area (Å²) in [4.78, 5) is 13.3. The molecule has 0 aliphatic carbocycles. The normalized spacial score (nSPS) is 28.6. The van der Waals surface area contributed by atoms with Gasteiger partial charge in [-0.15, -0.1) is 11.3 Å². The molecule has 2 aromatic rings. The van der Waals surface area contributed by atoms with Crippen molar-refractivity contribution in [3.63, 3.8) is 0 Å². The van der Waals surface area contributed by atoms with Crippen molar-refractivity contribution in [2.24, 2.45) is 4.99 Å². The Labute approximate surface area is 126 Å². The number of amidine groups is 1. The van der Waals surface area contributed by atoms with Gasteiger partial charge in [-0.2, -0.15) is 0 Å². The molecule has 3 atom stereocenters. The molecular formula is C15H15N3S2. The Morgan fingerprint density at radius 3 is 2.95 bits per heavy atom. The van der Waals surface area contributed by atoms with Gasteiger partial charge in [-0.1, -0.05) is 30.8 Å². The van der Waals surface area contributed by atoms with Gasteiger partial charge in [0.1, 0.15) is 6.04 Å². The van der Waals surface area contributed by atoms with Crippen molar-refractivity contribution >= 4 is 28.3 Å². The molecule has 4 rings (SSSR count). The number of pyridine rings is 1. The van der Waals surface area contributed by atoms with Crippen molar-refractivity contribution in [3.8, 4) is 0 Å². The fourth-order valence-corrected chi connectivity index (χ4v) is 4.84. The molecule has 2 aliphatic rings. The Balaban J connectivity index is 1.77. The summed E-state index contributed by atoms with van der Waals surface area (Å²) in [7, 11) is 0. The number of thioether (sulfide) groups is 1. The van der Waals surface area contributed by atoms with Crippen molar-refractivity contribution < 1.29 is 0 Å². The molecule has 102 valence electrons. The van der Waals surface area contributed by atoms with Crippen molar-refractivity contribution in [1.82, 2.24) is 9.88 Å². The lowest BCUT2D eigenvalue weighted by atomic mass is 10.0. The Morgan fingerprint density at radius 1 is 1.25 bits per heavy atom. The first-order valence-electron chi connectivity index (χ1n) is 6.78. The third kappa shape index (κ3) is 1.96. The van der Waals surface area contributed by atoms with Gasteiger partial charge in [-0.05, 0) is 23.6 Å². The zero-order valence-electron chi connectivity index (χ0n) is 11.1. The first-order valence-corrected chi connectivity index (χ1v) is 8.54. The zero-order valence-corrected chi connectivity index (χ0v) is 12.8. The van der Waals surface area contributed by atoms with E-state index in [4.69, 9.17) is 4.99 Å². The number of aromatic nitrogens is 1. The van der Waals surface area contributed by atoms with Crippen LogP contribution in [0.4, 0.5) is 0 Å². The summed E-state index contributed by atoms with van der Waals surface area (Å²) in [5, 5.41) is 3.96.